The molecule has 0 radical (unpaired) electrons. The smallest absolute Gasteiger partial charge is 0.243 e. The minimum atomic E-state index is -0.646. The van der Waals surface area contributed by atoms with E-state index in [1.807, 2.05) is 78.9 Å². The highest BCUT2D eigenvalue weighted by molar-refractivity contribution is 7.99. The lowest BCUT2D eigenvalue weighted by Crippen LogP contribution is -2.52. The van der Waals surface area contributed by atoms with Crippen LogP contribution in [0.1, 0.15) is 42.4 Å². The number of halogens is 2. The molecule has 194 valence electrons. The van der Waals surface area contributed by atoms with Crippen LogP contribution in [0.5, 0.6) is 0 Å². The Morgan fingerprint density at radius 1 is 0.865 bits per heavy atom. The normalized spacial score (nSPS) is 14.3. The molecule has 1 aliphatic rings. The molecule has 3 aromatic carbocycles. The monoisotopic (exact) mass is 554 g/mol. The summed E-state index contributed by atoms with van der Waals surface area (Å²) in [5, 5.41) is 4.50. The first-order valence-electron chi connectivity index (χ1n) is 12.7. The van der Waals surface area contributed by atoms with Crippen LogP contribution in [0, 0.1) is 0 Å². The summed E-state index contributed by atoms with van der Waals surface area (Å²) in [7, 11) is 0. The summed E-state index contributed by atoms with van der Waals surface area (Å²) in [6, 6.07) is 24.5. The van der Waals surface area contributed by atoms with Gasteiger partial charge in [-0.3, -0.25) is 9.59 Å². The highest BCUT2D eigenvalue weighted by Gasteiger charge is 2.32. The van der Waals surface area contributed by atoms with Crippen LogP contribution in [0.3, 0.4) is 0 Å². The van der Waals surface area contributed by atoms with Gasteiger partial charge in [0.05, 0.1) is 5.75 Å². The first-order chi connectivity index (χ1) is 18.0. The van der Waals surface area contributed by atoms with Crippen molar-refractivity contribution in [3.63, 3.8) is 0 Å². The Bertz CT molecular complexity index is 1180. The Labute approximate surface area is 233 Å². The summed E-state index contributed by atoms with van der Waals surface area (Å²) in [5.41, 5.74) is 2.81. The fraction of sp³-hybridized carbons (Fsp3) is 0.333. The molecule has 0 saturated heterocycles. The van der Waals surface area contributed by atoms with Crippen molar-refractivity contribution in [1.82, 2.24) is 10.2 Å². The van der Waals surface area contributed by atoms with Crippen LogP contribution in [0.4, 0.5) is 0 Å². The van der Waals surface area contributed by atoms with Crippen molar-refractivity contribution in [3.8, 4) is 0 Å². The number of amides is 2. The zero-order valence-electron chi connectivity index (χ0n) is 20.7. The number of nitrogens with zero attached hydrogens (tertiary/aromatic N) is 1. The van der Waals surface area contributed by atoms with Gasteiger partial charge in [-0.15, -0.1) is 11.8 Å². The summed E-state index contributed by atoms with van der Waals surface area (Å²) in [5.74, 6) is 0.646. The van der Waals surface area contributed by atoms with Crippen LogP contribution in [0.15, 0.2) is 78.9 Å². The van der Waals surface area contributed by atoms with Crippen LogP contribution in [-0.4, -0.2) is 34.6 Å². The van der Waals surface area contributed by atoms with Crippen LogP contribution < -0.4 is 5.32 Å². The minimum absolute atomic E-state index is 0.0977. The Kier molecular flexibility index (Phi) is 10.4. The number of hydrogen-bond donors (Lipinski definition) is 1. The number of rotatable bonds is 11. The fourth-order valence-electron chi connectivity index (χ4n) is 4.68. The predicted molar refractivity (Wildman–Crippen MR) is 154 cm³/mol. The van der Waals surface area contributed by atoms with E-state index in [-0.39, 0.29) is 30.2 Å². The Morgan fingerprint density at radius 2 is 1.46 bits per heavy atom. The van der Waals surface area contributed by atoms with Gasteiger partial charge in [0.2, 0.25) is 11.8 Å². The lowest BCUT2D eigenvalue weighted by Gasteiger charge is -2.32. The molecule has 1 saturated carbocycles. The lowest BCUT2D eigenvalue weighted by atomic mass is 10.0. The number of carbonyl (C=O) groups excluding carboxylic acids is 2. The second-order valence-electron chi connectivity index (χ2n) is 9.39. The quantitative estimate of drug-likeness (QED) is 0.279. The highest BCUT2D eigenvalue weighted by Crippen LogP contribution is 2.25. The molecule has 4 nitrogen and oxygen atoms in total. The van der Waals surface area contributed by atoms with Gasteiger partial charge in [-0.05, 0) is 41.7 Å². The van der Waals surface area contributed by atoms with E-state index in [4.69, 9.17) is 23.2 Å². The maximum Gasteiger partial charge on any atom is 0.243 e. The molecular weight excluding hydrogens is 523 g/mol. The number of benzene rings is 3. The van der Waals surface area contributed by atoms with Crippen LogP contribution >= 0.6 is 35.0 Å². The molecule has 1 fully saturated rings. The zero-order chi connectivity index (χ0) is 26.0. The summed E-state index contributed by atoms with van der Waals surface area (Å²) in [4.78, 5) is 29.2. The molecule has 1 aliphatic carbocycles. The average Bonchev–Trinajstić information content (AvgIpc) is 3.42. The SMILES string of the molecule is O=C(NC1CCCC1)[C@@H](Cc1ccccc1)N(Cc1ccccc1Cl)C(=O)CSCc1ccccc1Cl. The van der Waals surface area contributed by atoms with E-state index in [9.17, 15) is 9.59 Å². The molecule has 7 heteroatoms. The van der Waals surface area contributed by atoms with Crippen molar-refractivity contribution < 1.29 is 9.59 Å². The van der Waals surface area contributed by atoms with Crippen molar-refractivity contribution >= 4 is 46.8 Å². The van der Waals surface area contributed by atoms with Crippen molar-refractivity contribution in [2.75, 3.05) is 5.75 Å². The summed E-state index contributed by atoms with van der Waals surface area (Å²) in [6.07, 6.45) is 4.64. The maximum absolute atomic E-state index is 13.8. The Morgan fingerprint density at radius 3 is 2.11 bits per heavy atom. The van der Waals surface area contributed by atoms with E-state index in [1.54, 1.807) is 4.90 Å². The van der Waals surface area contributed by atoms with E-state index in [0.29, 0.717) is 22.2 Å². The molecule has 1 atom stereocenters. The van der Waals surface area contributed by atoms with Gasteiger partial charge in [0, 0.05) is 34.8 Å². The van der Waals surface area contributed by atoms with Gasteiger partial charge < -0.3 is 10.2 Å². The predicted octanol–water partition coefficient (Wildman–Crippen LogP) is 6.93. The van der Waals surface area contributed by atoms with Gasteiger partial charge in [0.15, 0.2) is 0 Å². The molecule has 0 unspecified atom stereocenters. The third-order valence-corrected chi connectivity index (χ3v) is 8.42. The van der Waals surface area contributed by atoms with Crippen LogP contribution in [0.2, 0.25) is 10.0 Å². The van der Waals surface area contributed by atoms with Crippen LogP contribution in [0.25, 0.3) is 0 Å². The molecule has 2 amide bonds. The van der Waals surface area contributed by atoms with Crippen molar-refractivity contribution in [2.45, 2.75) is 56.5 Å². The molecule has 0 spiro atoms. The number of thioether (sulfide) groups is 1. The van der Waals surface area contributed by atoms with Crippen molar-refractivity contribution in [3.05, 3.63) is 106 Å². The van der Waals surface area contributed by atoms with Gasteiger partial charge in [0.25, 0.3) is 0 Å². The van der Waals surface area contributed by atoms with E-state index in [1.165, 1.54) is 11.8 Å². The third-order valence-electron chi connectivity index (χ3n) is 6.71. The van der Waals surface area contributed by atoms with Gasteiger partial charge in [0.1, 0.15) is 6.04 Å². The Balaban J connectivity index is 1.58. The number of nitrogens with one attached hydrogen (secondary N) is 1. The van der Waals surface area contributed by atoms with E-state index in [2.05, 4.69) is 5.32 Å². The van der Waals surface area contributed by atoms with Gasteiger partial charge >= 0.3 is 0 Å². The molecule has 0 aromatic heterocycles. The molecule has 0 aliphatic heterocycles. The lowest BCUT2D eigenvalue weighted by molar-refractivity contribution is -0.139. The van der Waals surface area contributed by atoms with Crippen molar-refractivity contribution in [2.24, 2.45) is 0 Å². The topological polar surface area (TPSA) is 49.4 Å². The summed E-state index contributed by atoms with van der Waals surface area (Å²) >= 11 is 14.3. The average molecular weight is 556 g/mol. The first kappa shape index (κ1) is 27.6. The van der Waals surface area contributed by atoms with Gasteiger partial charge in [-0.1, -0.05) is 103 Å². The molecule has 0 heterocycles. The largest absolute Gasteiger partial charge is 0.352 e. The van der Waals surface area contributed by atoms with Crippen molar-refractivity contribution in [1.29, 1.82) is 0 Å². The Hall–Kier alpha value is -2.47. The first-order valence-corrected chi connectivity index (χ1v) is 14.6. The second kappa shape index (κ2) is 13.9. The number of hydrogen-bond acceptors (Lipinski definition) is 3. The van der Waals surface area contributed by atoms with Gasteiger partial charge in [-0.25, -0.2) is 0 Å². The molecule has 4 rings (SSSR count). The maximum atomic E-state index is 13.8. The molecule has 0 bridgehead atoms. The summed E-state index contributed by atoms with van der Waals surface area (Å²) in [6.45, 7) is 0.265. The molecule has 3 aromatic rings. The fourth-order valence-corrected chi connectivity index (χ4v) is 6.07. The molecule has 1 N–H and O–H groups in total. The third kappa shape index (κ3) is 8.00. The number of carbonyl (C=O) groups is 2. The zero-order valence-corrected chi connectivity index (χ0v) is 23.1. The standard InChI is InChI=1S/C30H32Cl2N2O2S/c31-26-16-8-4-12-23(26)19-34(29(35)21-37-20-24-13-5-9-17-27(24)32)28(18-22-10-2-1-3-11-22)30(36)33-25-14-6-7-15-25/h1-5,8-13,16-17,25,28H,6-7,14-15,18-21H2,(H,33,36)/t28-/m1/s1. The second-order valence-corrected chi connectivity index (χ2v) is 11.2. The van der Waals surface area contributed by atoms with E-state index >= 15 is 0 Å². The summed E-state index contributed by atoms with van der Waals surface area (Å²) < 4.78 is 0. The van der Waals surface area contributed by atoms with Gasteiger partial charge in [-0.2, -0.15) is 0 Å². The van der Waals surface area contributed by atoms with E-state index < -0.39 is 6.04 Å². The highest BCUT2D eigenvalue weighted by atomic mass is 35.5. The molecule has 37 heavy (non-hydrogen) atoms. The molecular formula is C30H32Cl2N2O2S. The van der Waals surface area contributed by atoms with E-state index in [0.717, 1.165) is 42.4 Å². The van der Waals surface area contributed by atoms with Crippen LogP contribution in [-0.2, 0) is 28.3 Å². The minimum Gasteiger partial charge on any atom is -0.352 e.